The van der Waals surface area contributed by atoms with E-state index in [9.17, 15) is 0 Å². The zero-order valence-electron chi connectivity index (χ0n) is 44.2. The minimum absolute atomic E-state index is 0.0396. The number of ether oxygens (including phenoxy) is 1. The van der Waals surface area contributed by atoms with Gasteiger partial charge in [0.25, 0.3) is 6.33 Å². The predicted molar refractivity (Wildman–Crippen MR) is 298 cm³/mol. The van der Waals surface area contributed by atoms with Gasteiger partial charge in [0.1, 0.15) is 17.3 Å². The van der Waals surface area contributed by atoms with Crippen molar-refractivity contribution >= 4 is 21.8 Å². The largest absolute Gasteiger partial charge is 0.458 e. The van der Waals surface area contributed by atoms with Gasteiger partial charge in [0.2, 0.25) is 0 Å². The molecule has 0 N–H and O–H groups in total. The molecule has 0 bridgehead atoms. The van der Waals surface area contributed by atoms with E-state index in [4.69, 9.17) is 9.72 Å². The Labute approximate surface area is 427 Å². The van der Waals surface area contributed by atoms with Gasteiger partial charge in [-0.2, -0.15) is 0 Å². The molecule has 5 heteroatoms. The van der Waals surface area contributed by atoms with E-state index in [1.165, 1.54) is 33.2 Å². The molecule has 3 aromatic heterocycles. The Morgan fingerprint density at radius 3 is 1.62 bits per heavy atom. The van der Waals surface area contributed by atoms with Gasteiger partial charge in [-0.1, -0.05) is 204 Å². The monoisotopic (exact) mass is 945 g/mol. The van der Waals surface area contributed by atoms with Crippen molar-refractivity contribution in [3.05, 3.63) is 245 Å². The molecule has 0 fully saturated rings. The summed E-state index contributed by atoms with van der Waals surface area (Å²) < 4.78 is 14.2. The number of fused-ring (bicyclic) bond motifs is 3. The molecule has 10 aromatic rings. The summed E-state index contributed by atoms with van der Waals surface area (Å²) in [5.41, 5.74) is 12.2. The normalized spacial score (nSPS) is 12.7. The second-order valence-electron chi connectivity index (χ2n) is 23.2. The molecule has 7 aromatic carbocycles. The maximum atomic E-state index is 7.24. The van der Waals surface area contributed by atoms with Crippen LogP contribution < -0.4 is 9.30 Å². The molecular formula is C67H68N4O. The van der Waals surface area contributed by atoms with Crippen LogP contribution in [0.5, 0.6) is 11.5 Å². The van der Waals surface area contributed by atoms with Crippen molar-refractivity contribution in [1.82, 2.24) is 14.1 Å². The topological polar surface area (TPSA) is 35.9 Å². The van der Waals surface area contributed by atoms with Crippen LogP contribution in [0.1, 0.15) is 128 Å². The maximum Gasteiger partial charge on any atom is 0.269 e. The van der Waals surface area contributed by atoms with Crippen LogP contribution in [0.3, 0.4) is 0 Å². The van der Waals surface area contributed by atoms with E-state index in [1.54, 1.807) is 0 Å². The Kier molecular flexibility index (Phi) is 12.0. The highest BCUT2D eigenvalue weighted by Crippen LogP contribution is 2.44. The lowest BCUT2D eigenvalue weighted by Gasteiger charge is -2.35. The summed E-state index contributed by atoms with van der Waals surface area (Å²) in [6.07, 6.45) is 6.00. The standard InChI is InChI=1S/C67H68N4O/c1-63(2,3)49-31-24-32-52(39-49)69-45-70(62(67(11,12)48-29-20-15-21-30-48)61(69)66(9,10)47-27-18-14-19-28-47)53-40-51(65(7,8)46-25-16-13-17-26-46)41-55(43-53)72-54-35-36-57-56-33-22-23-34-58(56)71(59(57)44-54)60-42-50(37-38-68-60)64(4,5)6/h13-44H,1-12H3. The summed E-state index contributed by atoms with van der Waals surface area (Å²) in [5, 5.41) is 2.31. The fourth-order valence-electron chi connectivity index (χ4n) is 10.6. The van der Waals surface area contributed by atoms with Gasteiger partial charge in [-0.25, -0.2) is 4.98 Å². The molecule has 0 saturated carbocycles. The highest BCUT2D eigenvalue weighted by Gasteiger charge is 2.40. The van der Waals surface area contributed by atoms with Crippen LogP contribution in [0.4, 0.5) is 0 Å². The van der Waals surface area contributed by atoms with E-state index >= 15 is 0 Å². The van der Waals surface area contributed by atoms with Gasteiger partial charge in [0.15, 0.2) is 0 Å². The Bertz CT molecular complexity index is 3580. The molecule has 5 nitrogen and oxygen atoms in total. The molecule has 3 heterocycles. The van der Waals surface area contributed by atoms with Gasteiger partial charge in [0.05, 0.1) is 33.8 Å². The Morgan fingerprint density at radius 2 is 0.986 bits per heavy atom. The molecule has 0 atom stereocenters. The molecule has 0 radical (unpaired) electrons. The molecule has 0 spiro atoms. The smallest absolute Gasteiger partial charge is 0.269 e. The molecule has 10 rings (SSSR count). The van der Waals surface area contributed by atoms with Crippen LogP contribution in [0, 0.1) is 6.33 Å². The first-order chi connectivity index (χ1) is 34.2. The van der Waals surface area contributed by atoms with Crippen LogP contribution in [0.2, 0.25) is 0 Å². The molecule has 0 aliphatic carbocycles. The van der Waals surface area contributed by atoms with Crippen molar-refractivity contribution in [3.63, 3.8) is 0 Å². The number of benzene rings is 7. The molecule has 0 aliphatic rings. The van der Waals surface area contributed by atoms with Gasteiger partial charge < -0.3 is 4.74 Å². The third kappa shape index (κ3) is 8.74. The van der Waals surface area contributed by atoms with Crippen LogP contribution in [-0.4, -0.2) is 14.1 Å². The van der Waals surface area contributed by atoms with Gasteiger partial charge in [-0.3, -0.25) is 13.7 Å². The number of rotatable bonds is 11. The zero-order chi connectivity index (χ0) is 50.8. The highest BCUT2D eigenvalue weighted by atomic mass is 16.5. The molecule has 362 valence electrons. The van der Waals surface area contributed by atoms with Crippen LogP contribution >= 0.6 is 0 Å². The predicted octanol–water partition coefficient (Wildman–Crippen LogP) is 16.4. The first-order valence-corrected chi connectivity index (χ1v) is 25.5. The van der Waals surface area contributed by atoms with Crippen molar-refractivity contribution < 1.29 is 9.30 Å². The van der Waals surface area contributed by atoms with E-state index in [-0.39, 0.29) is 10.8 Å². The van der Waals surface area contributed by atoms with Crippen LogP contribution in [-0.2, 0) is 27.1 Å². The molecule has 0 amide bonds. The second-order valence-corrected chi connectivity index (χ2v) is 23.2. The third-order valence-electron chi connectivity index (χ3n) is 15.1. The summed E-state index contributed by atoms with van der Waals surface area (Å²) in [4.78, 5) is 4.97. The van der Waals surface area contributed by atoms with Crippen molar-refractivity contribution in [3.8, 4) is 28.7 Å². The molecule has 72 heavy (non-hydrogen) atoms. The minimum Gasteiger partial charge on any atom is -0.458 e. The fourth-order valence-corrected chi connectivity index (χ4v) is 10.6. The van der Waals surface area contributed by atoms with Crippen LogP contribution in [0.15, 0.2) is 194 Å². The average molecular weight is 945 g/mol. The van der Waals surface area contributed by atoms with E-state index in [0.29, 0.717) is 0 Å². The van der Waals surface area contributed by atoms with Crippen LogP contribution in [0.25, 0.3) is 39.0 Å². The van der Waals surface area contributed by atoms with Gasteiger partial charge in [-0.15, -0.1) is 0 Å². The first kappa shape index (κ1) is 48.1. The fraction of sp³-hybridized carbons (Fsp3) is 0.254. The highest BCUT2D eigenvalue weighted by molar-refractivity contribution is 6.09. The zero-order valence-corrected chi connectivity index (χ0v) is 44.2. The SMILES string of the molecule is CC(C)(C)c1cccc(-[n+]2[c-]n(-c3cc(Oc4ccc5c6ccccc6n(-c6cc(C(C)(C)C)ccn6)c5c4)cc(C(C)(C)c4ccccc4)c3)c(C(C)(C)c3ccccc3)c2C(C)(C)c2ccccc2)c1. The Balaban J connectivity index is 1.25. The van der Waals surface area contributed by atoms with E-state index in [2.05, 4.69) is 291 Å². The lowest BCUT2D eigenvalue weighted by atomic mass is 9.73. The van der Waals surface area contributed by atoms with Gasteiger partial charge in [-0.05, 0) is 105 Å². The van der Waals surface area contributed by atoms with Crippen molar-refractivity contribution in [2.75, 3.05) is 0 Å². The molecule has 0 aliphatic heterocycles. The quantitative estimate of drug-likeness (QED) is 0.0957. The van der Waals surface area contributed by atoms with Gasteiger partial charge in [0, 0.05) is 39.3 Å². The summed E-state index contributed by atoms with van der Waals surface area (Å²) in [5.74, 6) is 2.35. The van der Waals surface area contributed by atoms with Crippen molar-refractivity contribution in [2.24, 2.45) is 0 Å². The minimum atomic E-state index is -0.505. The summed E-state index contributed by atoms with van der Waals surface area (Å²) >= 11 is 0. The van der Waals surface area contributed by atoms with E-state index < -0.39 is 16.2 Å². The number of nitrogens with zero attached hydrogens (tertiary/aromatic N) is 4. The summed E-state index contributed by atoms with van der Waals surface area (Å²) in [6.45, 7) is 27.6. The Morgan fingerprint density at radius 1 is 0.431 bits per heavy atom. The lowest BCUT2D eigenvalue weighted by molar-refractivity contribution is -0.611. The first-order valence-electron chi connectivity index (χ1n) is 25.5. The number of aromatic nitrogens is 4. The molecule has 0 unspecified atom stereocenters. The maximum absolute atomic E-state index is 7.24. The second kappa shape index (κ2) is 18.0. The lowest BCUT2D eigenvalue weighted by Crippen LogP contribution is -2.43. The summed E-state index contributed by atoms with van der Waals surface area (Å²) in [6, 6.07) is 67.9. The van der Waals surface area contributed by atoms with E-state index in [1.807, 2.05) is 6.20 Å². The number of hydrogen-bond acceptors (Lipinski definition) is 2. The van der Waals surface area contributed by atoms with Gasteiger partial charge >= 0.3 is 0 Å². The number of hydrogen-bond donors (Lipinski definition) is 0. The van der Waals surface area contributed by atoms with Crippen molar-refractivity contribution in [1.29, 1.82) is 0 Å². The third-order valence-corrected chi connectivity index (χ3v) is 15.1. The molecule has 0 saturated heterocycles. The number of para-hydroxylation sites is 1. The number of imidazole rings is 1. The van der Waals surface area contributed by atoms with E-state index in [0.717, 1.165) is 62.1 Å². The summed E-state index contributed by atoms with van der Waals surface area (Å²) in [7, 11) is 0. The number of pyridine rings is 1. The average Bonchev–Trinajstić information content (AvgIpc) is 3.95. The molecular weight excluding hydrogens is 877 g/mol. The van der Waals surface area contributed by atoms with Crippen molar-refractivity contribution in [2.45, 2.75) is 110 Å². The Hall–Kier alpha value is -7.50.